The maximum atomic E-state index is 13.0. The number of primary amides is 1. The fourth-order valence-corrected chi connectivity index (χ4v) is 3.54. The summed E-state index contributed by atoms with van der Waals surface area (Å²) in [5.41, 5.74) is 8.24. The fourth-order valence-electron chi connectivity index (χ4n) is 3.54. The number of carbonyl (C=O) groups excluding carboxylic acids is 2. The highest BCUT2D eigenvalue weighted by Gasteiger charge is 2.21. The fraction of sp³-hybridized carbons (Fsp3) is 0.455. The van der Waals surface area contributed by atoms with Crippen LogP contribution in [0.3, 0.4) is 0 Å². The number of nitrogens with one attached hydrogen (secondary N) is 1. The van der Waals surface area contributed by atoms with Gasteiger partial charge in [-0.15, -0.1) is 0 Å². The van der Waals surface area contributed by atoms with Gasteiger partial charge in [-0.3, -0.25) is 19.6 Å². The Labute approximate surface area is 186 Å². The maximum Gasteiger partial charge on any atom is 0.276 e. The number of anilines is 1. The average Bonchev–Trinajstić information content (AvgIpc) is 3.31. The highest BCUT2D eigenvalue weighted by atomic mass is 16.5. The summed E-state index contributed by atoms with van der Waals surface area (Å²) in [6, 6.07) is 4.97. The van der Waals surface area contributed by atoms with Crippen molar-refractivity contribution in [2.45, 2.75) is 46.7 Å². The number of rotatable bonds is 11. The predicted octanol–water partition coefficient (Wildman–Crippen LogP) is 2.74. The summed E-state index contributed by atoms with van der Waals surface area (Å²) in [5.74, 6) is -0.0237. The van der Waals surface area contributed by atoms with Crippen molar-refractivity contribution in [1.82, 2.24) is 19.3 Å². The lowest BCUT2D eigenvalue weighted by Crippen LogP contribution is -2.20. The lowest BCUT2D eigenvalue weighted by Gasteiger charge is -2.13. The van der Waals surface area contributed by atoms with Crippen molar-refractivity contribution < 1.29 is 19.1 Å². The van der Waals surface area contributed by atoms with Gasteiger partial charge in [-0.25, -0.2) is 4.98 Å². The molecule has 0 saturated carbocycles. The first kappa shape index (κ1) is 23.3. The van der Waals surface area contributed by atoms with Crippen LogP contribution in [0.15, 0.2) is 18.2 Å². The van der Waals surface area contributed by atoms with Crippen LogP contribution in [-0.4, -0.2) is 51.5 Å². The Morgan fingerprint density at radius 3 is 2.62 bits per heavy atom. The number of methoxy groups -OCH3 is 1. The van der Waals surface area contributed by atoms with Crippen LogP contribution in [0.5, 0.6) is 5.75 Å². The molecule has 32 heavy (non-hydrogen) atoms. The molecule has 0 bridgehead atoms. The molecule has 172 valence electrons. The van der Waals surface area contributed by atoms with Gasteiger partial charge in [0.25, 0.3) is 5.91 Å². The van der Waals surface area contributed by atoms with Gasteiger partial charge in [0, 0.05) is 38.8 Å². The number of aromatic nitrogens is 4. The Kier molecular flexibility index (Phi) is 7.47. The first-order chi connectivity index (χ1) is 15.4. The van der Waals surface area contributed by atoms with Crippen molar-refractivity contribution in [3.8, 4) is 5.75 Å². The molecular formula is C22H30N6O4. The third kappa shape index (κ3) is 4.91. The molecule has 2 amide bonds. The van der Waals surface area contributed by atoms with Crippen LogP contribution < -0.4 is 15.8 Å². The third-order valence-electron chi connectivity index (χ3n) is 4.95. The molecule has 0 fully saturated rings. The van der Waals surface area contributed by atoms with Crippen molar-refractivity contribution in [2.24, 2.45) is 5.73 Å². The van der Waals surface area contributed by atoms with Crippen molar-refractivity contribution in [3.63, 3.8) is 0 Å². The van der Waals surface area contributed by atoms with E-state index in [9.17, 15) is 9.59 Å². The van der Waals surface area contributed by atoms with Crippen LogP contribution in [0.25, 0.3) is 11.0 Å². The summed E-state index contributed by atoms with van der Waals surface area (Å²) >= 11 is 0. The van der Waals surface area contributed by atoms with Crippen molar-refractivity contribution in [3.05, 3.63) is 35.2 Å². The van der Waals surface area contributed by atoms with E-state index >= 15 is 0 Å². The molecule has 0 aliphatic rings. The van der Waals surface area contributed by atoms with Crippen molar-refractivity contribution in [2.75, 3.05) is 25.6 Å². The van der Waals surface area contributed by atoms with Gasteiger partial charge in [0.15, 0.2) is 0 Å². The summed E-state index contributed by atoms with van der Waals surface area (Å²) in [5, 5.41) is 7.24. The Hall–Kier alpha value is -3.40. The number of benzene rings is 1. The molecule has 10 nitrogen and oxygen atoms in total. The number of fused-ring (bicyclic) bond motifs is 1. The minimum absolute atomic E-state index is 0.290. The summed E-state index contributed by atoms with van der Waals surface area (Å²) in [4.78, 5) is 29.5. The molecule has 0 spiro atoms. The van der Waals surface area contributed by atoms with E-state index in [0.717, 1.165) is 12.1 Å². The molecule has 0 aliphatic heterocycles. The van der Waals surface area contributed by atoms with Gasteiger partial charge >= 0.3 is 0 Å². The Morgan fingerprint density at radius 1 is 1.19 bits per heavy atom. The minimum atomic E-state index is -0.577. The lowest BCUT2D eigenvalue weighted by molar-refractivity contribution is 0.0995. The molecule has 0 unspecified atom stereocenters. The minimum Gasteiger partial charge on any atom is -0.491 e. The predicted molar refractivity (Wildman–Crippen MR) is 121 cm³/mol. The molecule has 0 atom stereocenters. The van der Waals surface area contributed by atoms with Gasteiger partial charge in [0.1, 0.15) is 17.0 Å². The number of amides is 2. The Balaban J connectivity index is 2.04. The molecule has 0 saturated heterocycles. The second-order valence-electron chi connectivity index (χ2n) is 7.43. The SMILES string of the molecule is CCCn1c(NC(=O)c2cc(C)nn2CC)nc2cc(C(N)=O)cc(OCCCOC)c21. The number of aryl methyl sites for hydroxylation is 3. The van der Waals surface area contributed by atoms with Gasteiger partial charge in [-0.05, 0) is 38.5 Å². The molecule has 10 heteroatoms. The van der Waals surface area contributed by atoms with Gasteiger partial charge in [0.2, 0.25) is 11.9 Å². The molecule has 3 aromatic rings. The van der Waals surface area contributed by atoms with E-state index < -0.39 is 5.91 Å². The molecule has 3 N–H and O–H groups in total. The van der Waals surface area contributed by atoms with Gasteiger partial charge in [-0.2, -0.15) is 5.10 Å². The highest BCUT2D eigenvalue weighted by molar-refractivity contribution is 6.04. The zero-order chi connectivity index (χ0) is 23.3. The van der Waals surface area contributed by atoms with Gasteiger partial charge < -0.3 is 19.8 Å². The zero-order valence-corrected chi connectivity index (χ0v) is 19.0. The van der Waals surface area contributed by atoms with Crippen LogP contribution >= 0.6 is 0 Å². The number of hydrogen-bond acceptors (Lipinski definition) is 6. The van der Waals surface area contributed by atoms with E-state index in [1.165, 1.54) is 0 Å². The number of ether oxygens (including phenoxy) is 2. The first-order valence-electron chi connectivity index (χ1n) is 10.7. The quantitative estimate of drug-likeness (QED) is 0.440. The van der Waals surface area contributed by atoms with E-state index in [0.29, 0.717) is 61.1 Å². The number of nitrogens with zero attached hydrogens (tertiary/aromatic N) is 4. The highest BCUT2D eigenvalue weighted by Crippen LogP contribution is 2.31. The molecule has 1 aromatic carbocycles. The summed E-state index contributed by atoms with van der Waals surface area (Å²) in [6.45, 7) is 7.93. The van der Waals surface area contributed by atoms with E-state index in [4.69, 9.17) is 15.2 Å². The lowest BCUT2D eigenvalue weighted by atomic mass is 10.1. The number of hydrogen-bond donors (Lipinski definition) is 2. The van der Waals surface area contributed by atoms with Gasteiger partial charge in [0.05, 0.1) is 17.8 Å². The van der Waals surface area contributed by atoms with Crippen LogP contribution in [0.2, 0.25) is 0 Å². The number of carbonyl (C=O) groups is 2. The zero-order valence-electron chi connectivity index (χ0n) is 19.0. The average molecular weight is 443 g/mol. The second-order valence-corrected chi connectivity index (χ2v) is 7.43. The smallest absolute Gasteiger partial charge is 0.276 e. The maximum absolute atomic E-state index is 13.0. The van der Waals surface area contributed by atoms with Crippen LogP contribution in [-0.2, 0) is 17.8 Å². The molecule has 0 aliphatic carbocycles. The van der Waals surface area contributed by atoms with Crippen molar-refractivity contribution >= 4 is 28.8 Å². The molecule has 0 radical (unpaired) electrons. The van der Waals surface area contributed by atoms with E-state index in [1.54, 1.807) is 30.0 Å². The number of imidazole rings is 1. The monoisotopic (exact) mass is 442 g/mol. The molecular weight excluding hydrogens is 412 g/mol. The molecule has 2 aromatic heterocycles. The molecule has 3 rings (SSSR count). The third-order valence-corrected chi connectivity index (χ3v) is 4.95. The normalized spacial score (nSPS) is 11.1. The van der Waals surface area contributed by atoms with Crippen LogP contribution in [0.1, 0.15) is 53.2 Å². The van der Waals surface area contributed by atoms with E-state index in [2.05, 4.69) is 15.4 Å². The topological polar surface area (TPSA) is 126 Å². The standard InChI is InChI=1S/C22H30N6O4/c1-5-8-27-19-16(12-15(20(23)29)13-18(19)32-10-7-9-31-4)24-22(27)25-21(30)17-11-14(3)26-28(17)6-2/h11-13H,5-10H2,1-4H3,(H2,23,29)(H,24,25,30). The van der Waals surface area contributed by atoms with Crippen LogP contribution in [0, 0.1) is 6.92 Å². The second kappa shape index (κ2) is 10.3. The van der Waals surface area contributed by atoms with Gasteiger partial charge in [-0.1, -0.05) is 6.92 Å². The van der Waals surface area contributed by atoms with Crippen molar-refractivity contribution in [1.29, 1.82) is 0 Å². The van der Waals surface area contributed by atoms with E-state index in [-0.39, 0.29) is 11.5 Å². The Morgan fingerprint density at radius 2 is 1.97 bits per heavy atom. The summed E-state index contributed by atoms with van der Waals surface area (Å²) in [7, 11) is 1.63. The number of nitrogens with two attached hydrogens (primary N) is 1. The van der Waals surface area contributed by atoms with E-state index in [1.807, 2.05) is 25.3 Å². The van der Waals surface area contributed by atoms with Crippen LogP contribution in [0.4, 0.5) is 5.95 Å². The summed E-state index contributed by atoms with van der Waals surface area (Å²) < 4.78 is 14.6. The first-order valence-corrected chi connectivity index (χ1v) is 10.7. The molecule has 2 heterocycles. The Bertz CT molecular complexity index is 1120. The summed E-state index contributed by atoms with van der Waals surface area (Å²) in [6.07, 6.45) is 1.49. The largest absolute Gasteiger partial charge is 0.491 e.